The molecule has 1 amide bonds. The van der Waals surface area contributed by atoms with Gasteiger partial charge in [-0.1, -0.05) is 12.8 Å². The average molecular weight is 488 g/mol. The summed E-state index contributed by atoms with van der Waals surface area (Å²) in [6, 6.07) is 7.43. The largest absolute Gasteiger partial charge is 0.493 e. The van der Waals surface area contributed by atoms with Crippen molar-refractivity contribution in [2.24, 2.45) is 0 Å². The molecule has 0 radical (unpaired) electrons. The number of carbonyl (C=O) groups is 1. The maximum Gasteiger partial charge on any atom is 0.289 e. The van der Waals surface area contributed by atoms with E-state index < -0.39 is 0 Å². The van der Waals surface area contributed by atoms with E-state index in [1.165, 1.54) is 0 Å². The van der Waals surface area contributed by atoms with Gasteiger partial charge in [-0.3, -0.25) is 4.79 Å². The molecule has 5 rings (SSSR count). The molecule has 2 atom stereocenters. The second kappa shape index (κ2) is 9.58. The lowest BCUT2D eigenvalue weighted by Gasteiger charge is -2.49. The van der Waals surface area contributed by atoms with Gasteiger partial charge >= 0.3 is 0 Å². The van der Waals surface area contributed by atoms with Crippen molar-refractivity contribution < 1.29 is 18.7 Å². The molecule has 2 aliphatic rings. The Morgan fingerprint density at radius 2 is 1.76 bits per heavy atom. The third-order valence-electron chi connectivity index (χ3n) is 6.76. The summed E-state index contributed by atoms with van der Waals surface area (Å²) in [5, 5.41) is 0.721. The van der Waals surface area contributed by atoms with E-state index in [9.17, 15) is 4.79 Å². The smallest absolute Gasteiger partial charge is 0.289 e. The van der Waals surface area contributed by atoms with Crippen LogP contribution in [0.3, 0.4) is 0 Å². The third-order valence-corrected chi connectivity index (χ3v) is 6.76. The Morgan fingerprint density at radius 3 is 2.44 bits per heavy atom. The summed E-state index contributed by atoms with van der Waals surface area (Å²) < 4.78 is 16.5. The first kappa shape index (κ1) is 23.9. The molecule has 1 saturated heterocycles. The van der Waals surface area contributed by atoms with Gasteiger partial charge in [-0.2, -0.15) is 4.98 Å². The third kappa shape index (κ3) is 4.09. The lowest BCUT2D eigenvalue weighted by Crippen LogP contribution is -2.62. The first-order chi connectivity index (χ1) is 16.0. The van der Waals surface area contributed by atoms with Crippen LogP contribution in [0, 0.1) is 6.92 Å². The lowest BCUT2D eigenvalue weighted by molar-refractivity contribution is 0.0507. The van der Waals surface area contributed by atoms with Crippen LogP contribution in [0.4, 0.5) is 11.8 Å². The maximum absolute atomic E-state index is 13.2. The van der Waals surface area contributed by atoms with E-state index in [-0.39, 0.29) is 30.4 Å². The summed E-state index contributed by atoms with van der Waals surface area (Å²) in [7, 11) is 3.18. The second-order valence-corrected chi connectivity index (χ2v) is 8.65. The number of carbonyl (C=O) groups excluding carboxylic acids is 1. The highest BCUT2D eigenvalue weighted by Crippen LogP contribution is 2.37. The zero-order valence-corrected chi connectivity index (χ0v) is 20.4. The number of fused-ring (bicyclic) bond motifs is 2. The van der Waals surface area contributed by atoms with E-state index in [0.717, 1.165) is 36.8 Å². The van der Waals surface area contributed by atoms with Crippen LogP contribution in [0.5, 0.6) is 11.5 Å². The molecule has 2 aromatic heterocycles. The molecule has 2 fully saturated rings. The Balaban J connectivity index is 0.00000274. The molecule has 1 aromatic carbocycles. The van der Waals surface area contributed by atoms with Gasteiger partial charge in [0.25, 0.3) is 5.91 Å². The standard InChI is InChI=1S/C24H29N5O4.ClH/c1-14-8-9-19(33-14)23(30)28-10-11-29(18-7-5-4-6-17(18)28)24-26-16-13-21(32-3)20(31-2)12-15(16)22(25)27-24;/h8-9,12-13,17-18H,4-7,10-11H2,1-3H3,(H2,25,26,27);1H/t17-,18+;/m1./s1. The topological polar surface area (TPSA) is 107 Å². The molecule has 0 unspecified atom stereocenters. The predicted octanol–water partition coefficient (Wildman–Crippen LogP) is 3.83. The highest BCUT2D eigenvalue weighted by molar-refractivity contribution is 5.93. The number of rotatable bonds is 4. The number of nitrogens with zero attached hydrogens (tertiary/aromatic N) is 4. The van der Waals surface area contributed by atoms with Gasteiger partial charge in [0.1, 0.15) is 11.6 Å². The SMILES string of the molecule is COc1cc2nc(N3CCN(C(=O)c4ccc(C)o4)[C@@H]4CCCC[C@@H]43)nc(N)c2cc1OC.Cl. The molecular weight excluding hydrogens is 458 g/mol. The van der Waals surface area contributed by atoms with E-state index >= 15 is 0 Å². The zero-order chi connectivity index (χ0) is 23.1. The van der Waals surface area contributed by atoms with Crippen LogP contribution in [-0.2, 0) is 0 Å². The fourth-order valence-corrected chi connectivity index (χ4v) is 5.15. The molecule has 10 heteroatoms. The molecule has 3 heterocycles. The van der Waals surface area contributed by atoms with Gasteiger partial charge in [0, 0.05) is 24.5 Å². The number of halogens is 1. The summed E-state index contributed by atoms with van der Waals surface area (Å²) in [5.74, 6) is 3.25. The first-order valence-corrected chi connectivity index (χ1v) is 11.3. The number of aromatic nitrogens is 2. The normalized spacial score (nSPS) is 20.0. The minimum absolute atomic E-state index is 0. The van der Waals surface area contributed by atoms with Crippen LogP contribution in [0.25, 0.3) is 10.9 Å². The van der Waals surface area contributed by atoms with Gasteiger partial charge in [-0.25, -0.2) is 4.98 Å². The molecule has 2 N–H and O–H groups in total. The molecule has 0 spiro atoms. The number of methoxy groups -OCH3 is 2. The van der Waals surface area contributed by atoms with Crippen LogP contribution in [0.15, 0.2) is 28.7 Å². The van der Waals surface area contributed by atoms with E-state index in [2.05, 4.69) is 9.88 Å². The first-order valence-electron chi connectivity index (χ1n) is 11.3. The van der Waals surface area contributed by atoms with Crippen LogP contribution in [0.2, 0.25) is 0 Å². The number of nitrogen functional groups attached to an aromatic ring is 1. The van der Waals surface area contributed by atoms with E-state index in [4.69, 9.17) is 24.6 Å². The molecule has 3 aromatic rings. The van der Waals surface area contributed by atoms with Gasteiger partial charge in [0.15, 0.2) is 17.3 Å². The summed E-state index contributed by atoms with van der Waals surface area (Å²) in [4.78, 5) is 26.9. The van der Waals surface area contributed by atoms with Gasteiger partial charge in [0.2, 0.25) is 5.95 Å². The average Bonchev–Trinajstić information content (AvgIpc) is 3.28. The van der Waals surface area contributed by atoms with Gasteiger partial charge < -0.3 is 29.4 Å². The van der Waals surface area contributed by atoms with Crippen molar-refractivity contribution in [1.82, 2.24) is 14.9 Å². The van der Waals surface area contributed by atoms with Crippen molar-refractivity contribution in [3.8, 4) is 11.5 Å². The van der Waals surface area contributed by atoms with Gasteiger partial charge in [-0.05, 0) is 38.0 Å². The van der Waals surface area contributed by atoms with Crippen molar-refractivity contribution >= 4 is 41.0 Å². The number of furan rings is 1. The lowest BCUT2D eigenvalue weighted by atomic mass is 9.86. The zero-order valence-electron chi connectivity index (χ0n) is 19.6. The highest BCUT2D eigenvalue weighted by atomic mass is 35.5. The molecule has 0 bridgehead atoms. The number of amides is 1. The summed E-state index contributed by atoms with van der Waals surface area (Å²) in [5.41, 5.74) is 7.05. The summed E-state index contributed by atoms with van der Waals surface area (Å²) >= 11 is 0. The van der Waals surface area contributed by atoms with Crippen LogP contribution < -0.4 is 20.1 Å². The van der Waals surface area contributed by atoms with Crippen LogP contribution >= 0.6 is 12.4 Å². The molecule has 182 valence electrons. The Bertz CT molecular complexity index is 1200. The Hall–Kier alpha value is -3.20. The van der Waals surface area contributed by atoms with Gasteiger partial charge in [0.05, 0.1) is 31.8 Å². The number of aryl methyl sites for hydroxylation is 1. The number of nitrogens with two attached hydrogens (primary N) is 1. The van der Waals surface area contributed by atoms with E-state index in [0.29, 0.717) is 47.6 Å². The minimum atomic E-state index is -0.0459. The van der Waals surface area contributed by atoms with Gasteiger partial charge in [-0.15, -0.1) is 12.4 Å². The van der Waals surface area contributed by atoms with Crippen molar-refractivity contribution in [2.75, 3.05) is 37.9 Å². The molecule has 1 saturated carbocycles. The second-order valence-electron chi connectivity index (χ2n) is 8.65. The summed E-state index contributed by atoms with van der Waals surface area (Å²) in [6.07, 6.45) is 4.11. The predicted molar refractivity (Wildman–Crippen MR) is 132 cm³/mol. The molecule has 34 heavy (non-hydrogen) atoms. The van der Waals surface area contributed by atoms with E-state index in [1.807, 2.05) is 24.0 Å². The number of anilines is 2. The van der Waals surface area contributed by atoms with Crippen molar-refractivity contribution in [3.63, 3.8) is 0 Å². The van der Waals surface area contributed by atoms with E-state index in [1.54, 1.807) is 26.4 Å². The quantitative estimate of drug-likeness (QED) is 0.591. The number of benzene rings is 1. The maximum atomic E-state index is 13.2. The van der Waals surface area contributed by atoms with Crippen molar-refractivity contribution in [2.45, 2.75) is 44.7 Å². The fourth-order valence-electron chi connectivity index (χ4n) is 5.15. The fraction of sp³-hybridized carbons (Fsp3) is 0.458. The molecule has 1 aliphatic heterocycles. The van der Waals surface area contributed by atoms with Crippen LogP contribution in [0.1, 0.15) is 42.0 Å². The Kier molecular flexibility index (Phi) is 6.74. The van der Waals surface area contributed by atoms with Crippen molar-refractivity contribution in [3.05, 3.63) is 35.8 Å². The molecular formula is C24H30ClN5O4. The number of hydrogen-bond donors (Lipinski definition) is 1. The summed E-state index contributed by atoms with van der Waals surface area (Å²) in [6.45, 7) is 3.06. The number of ether oxygens (including phenoxy) is 2. The Morgan fingerprint density at radius 1 is 1.06 bits per heavy atom. The monoisotopic (exact) mass is 487 g/mol. The number of piperazine rings is 1. The number of hydrogen-bond acceptors (Lipinski definition) is 8. The van der Waals surface area contributed by atoms with Crippen molar-refractivity contribution in [1.29, 1.82) is 0 Å². The molecule has 9 nitrogen and oxygen atoms in total. The Labute approximate surface area is 204 Å². The highest BCUT2D eigenvalue weighted by Gasteiger charge is 2.42. The molecule has 1 aliphatic carbocycles. The van der Waals surface area contributed by atoms with Crippen LogP contribution in [-0.4, -0.2) is 60.2 Å². The minimum Gasteiger partial charge on any atom is -0.493 e.